The van der Waals surface area contributed by atoms with Crippen LogP contribution in [0.3, 0.4) is 0 Å². The molecule has 0 spiro atoms. The third-order valence-corrected chi connectivity index (χ3v) is 5.14. The molecule has 2 heterocycles. The van der Waals surface area contributed by atoms with Crippen molar-refractivity contribution < 1.29 is 9.21 Å². The van der Waals surface area contributed by atoms with Crippen LogP contribution in [0.5, 0.6) is 0 Å². The lowest BCUT2D eigenvalue weighted by Crippen LogP contribution is -2.31. The van der Waals surface area contributed by atoms with E-state index in [0.29, 0.717) is 6.42 Å². The number of fused-ring (bicyclic) bond motifs is 1. The van der Waals surface area contributed by atoms with E-state index in [0.717, 1.165) is 24.3 Å². The van der Waals surface area contributed by atoms with Crippen LogP contribution in [0.15, 0.2) is 34.9 Å². The predicted octanol–water partition coefficient (Wildman–Crippen LogP) is 4.24. The van der Waals surface area contributed by atoms with Crippen molar-refractivity contribution in [2.75, 3.05) is 11.9 Å². The molecule has 1 aliphatic rings. The smallest absolute Gasteiger partial charge is 0.227 e. The highest BCUT2D eigenvalue weighted by Gasteiger charge is 2.23. The van der Waals surface area contributed by atoms with Gasteiger partial charge in [0.2, 0.25) is 5.91 Å². The summed E-state index contributed by atoms with van der Waals surface area (Å²) in [5, 5.41) is 0. The summed E-state index contributed by atoms with van der Waals surface area (Å²) >= 11 is 3.78. The maximum Gasteiger partial charge on any atom is 0.227 e. The molecule has 0 saturated carbocycles. The fraction of sp³-hybridized carbons (Fsp3) is 0.353. The quantitative estimate of drug-likeness (QED) is 0.778. The van der Waals surface area contributed by atoms with Gasteiger partial charge in [-0.3, -0.25) is 4.79 Å². The van der Waals surface area contributed by atoms with Gasteiger partial charge < -0.3 is 9.32 Å². The molecule has 110 valence electrons. The first kappa shape index (κ1) is 14.4. The van der Waals surface area contributed by atoms with E-state index in [-0.39, 0.29) is 10.7 Å². The number of furan rings is 1. The monoisotopic (exact) mass is 347 g/mol. The second kappa shape index (κ2) is 5.68. The zero-order valence-electron chi connectivity index (χ0n) is 12.2. The van der Waals surface area contributed by atoms with Crippen LogP contribution in [0.4, 0.5) is 5.69 Å². The Bertz CT molecular complexity index is 677. The fourth-order valence-electron chi connectivity index (χ4n) is 2.88. The second-order valence-corrected chi connectivity index (χ2v) is 6.27. The van der Waals surface area contributed by atoms with Crippen molar-refractivity contribution in [1.82, 2.24) is 0 Å². The molecule has 1 unspecified atom stereocenters. The number of alkyl halides is 1. The molecular weight excluding hydrogens is 330 g/mol. The van der Waals surface area contributed by atoms with Crippen LogP contribution >= 0.6 is 15.9 Å². The SMILES string of the molecule is CCc1occc1C(Br)c1ccc2c(c1)CCC(=O)N2C. The molecule has 0 bridgehead atoms. The highest BCUT2D eigenvalue weighted by molar-refractivity contribution is 9.09. The first-order valence-corrected chi connectivity index (χ1v) is 8.13. The Morgan fingerprint density at radius 3 is 2.90 bits per heavy atom. The molecular formula is C17H18BrNO2. The molecule has 1 aliphatic heterocycles. The Morgan fingerprint density at radius 2 is 2.14 bits per heavy atom. The number of carbonyl (C=O) groups is 1. The van der Waals surface area contributed by atoms with Gasteiger partial charge in [-0.25, -0.2) is 0 Å². The van der Waals surface area contributed by atoms with E-state index in [1.807, 2.05) is 19.2 Å². The third-order valence-electron chi connectivity index (χ3n) is 4.11. The molecule has 1 aromatic carbocycles. The number of hydrogen-bond acceptors (Lipinski definition) is 2. The topological polar surface area (TPSA) is 33.5 Å². The van der Waals surface area contributed by atoms with E-state index < -0.39 is 0 Å². The Kier molecular flexibility index (Phi) is 3.89. The summed E-state index contributed by atoms with van der Waals surface area (Å²) < 4.78 is 5.52. The Hall–Kier alpha value is -1.55. The van der Waals surface area contributed by atoms with Crippen molar-refractivity contribution in [2.24, 2.45) is 0 Å². The van der Waals surface area contributed by atoms with Gasteiger partial charge in [-0.2, -0.15) is 0 Å². The van der Waals surface area contributed by atoms with Gasteiger partial charge >= 0.3 is 0 Å². The molecule has 0 aliphatic carbocycles. The number of rotatable bonds is 3. The van der Waals surface area contributed by atoms with Gasteiger partial charge in [-0.15, -0.1) is 0 Å². The number of amides is 1. The number of anilines is 1. The lowest BCUT2D eigenvalue weighted by molar-refractivity contribution is -0.118. The number of benzene rings is 1. The average Bonchev–Trinajstić information content (AvgIpc) is 2.98. The minimum Gasteiger partial charge on any atom is -0.469 e. The zero-order valence-corrected chi connectivity index (χ0v) is 13.8. The summed E-state index contributed by atoms with van der Waals surface area (Å²) in [6.45, 7) is 2.09. The Balaban J connectivity index is 1.96. The number of carbonyl (C=O) groups excluding carboxylic acids is 1. The Labute approximate surface area is 133 Å². The van der Waals surface area contributed by atoms with Crippen molar-refractivity contribution in [3.63, 3.8) is 0 Å². The van der Waals surface area contributed by atoms with Crippen molar-refractivity contribution in [1.29, 1.82) is 0 Å². The first-order valence-electron chi connectivity index (χ1n) is 7.21. The number of nitrogens with zero attached hydrogens (tertiary/aromatic N) is 1. The van der Waals surface area contributed by atoms with Gasteiger partial charge in [0.25, 0.3) is 0 Å². The van der Waals surface area contributed by atoms with E-state index in [1.54, 1.807) is 11.2 Å². The molecule has 3 rings (SSSR count). The summed E-state index contributed by atoms with van der Waals surface area (Å²) in [7, 11) is 1.84. The van der Waals surface area contributed by atoms with Gasteiger partial charge in [0, 0.05) is 31.1 Å². The molecule has 1 aromatic heterocycles. The molecule has 21 heavy (non-hydrogen) atoms. The van der Waals surface area contributed by atoms with Crippen LogP contribution in [0.25, 0.3) is 0 Å². The van der Waals surface area contributed by atoms with E-state index in [9.17, 15) is 4.79 Å². The zero-order chi connectivity index (χ0) is 15.0. The number of aryl methyl sites for hydroxylation is 2. The van der Waals surface area contributed by atoms with Crippen molar-refractivity contribution in [2.45, 2.75) is 31.0 Å². The number of halogens is 1. The van der Waals surface area contributed by atoms with E-state index in [2.05, 4.69) is 35.0 Å². The molecule has 0 N–H and O–H groups in total. The second-order valence-electron chi connectivity index (χ2n) is 5.36. The van der Waals surface area contributed by atoms with Crippen molar-refractivity contribution >= 4 is 27.5 Å². The molecule has 2 aromatic rings. The molecule has 3 nitrogen and oxygen atoms in total. The van der Waals surface area contributed by atoms with Crippen molar-refractivity contribution in [3.05, 3.63) is 53.0 Å². The maximum atomic E-state index is 11.8. The van der Waals surface area contributed by atoms with E-state index in [1.165, 1.54) is 16.7 Å². The van der Waals surface area contributed by atoms with Crippen LogP contribution in [-0.2, 0) is 17.6 Å². The molecule has 4 heteroatoms. The van der Waals surface area contributed by atoms with E-state index >= 15 is 0 Å². The maximum absolute atomic E-state index is 11.8. The van der Waals surface area contributed by atoms with Crippen LogP contribution in [0, 0.1) is 0 Å². The highest BCUT2D eigenvalue weighted by atomic mass is 79.9. The third kappa shape index (κ3) is 2.53. The first-order chi connectivity index (χ1) is 10.1. The molecule has 1 atom stereocenters. The van der Waals surface area contributed by atoms with Gasteiger partial charge in [0.1, 0.15) is 5.76 Å². The van der Waals surface area contributed by atoms with Crippen LogP contribution in [-0.4, -0.2) is 13.0 Å². The Morgan fingerprint density at radius 1 is 1.33 bits per heavy atom. The fourth-order valence-corrected chi connectivity index (χ4v) is 3.57. The molecule has 0 fully saturated rings. The predicted molar refractivity (Wildman–Crippen MR) is 87.0 cm³/mol. The lowest BCUT2D eigenvalue weighted by Gasteiger charge is -2.26. The van der Waals surface area contributed by atoms with Crippen LogP contribution in [0.1, 0.15) is 40.6 Å². The summed E-state index contributed by atoms with van der Waals surface area (Å²) in [4.78, 5) is 13.6. The minimum absolute atomic E-state index is 0.124. The van der Waals surface area contributed by atoms with Gasteiger partial charge in [0.05, 0.1) is 11.1 Å². The van der Waals surface area contributed by atoms with Gasteiger partial charge in [-0.05, 0) is 29.7 Å². The average molecular weight is 348 g/mol. The largest absolute Gasteiger partial charge is 0.469 e. The minimum atomic E-state index is 0.124. The van der Waals surface area contributed by atoms with Crippen molar-refractivity contribution in [3.8, 4) is 0 Å². The van der Waals surface area contributed by atoms with Gasteiger partial charge in [0.15, 0.2) is 0 Å². The van der Waals surface area contributed by atoms with Gasteiger partial charge in [-0.1, -0.05) is 35.0 Å². The van der Waals surface area contributed by atoms with E-state index in [4.69, 9.17) is 4.42 Å². The van der Waals surface area contributed by atoms with Crippen LogP contribution < -0.4 is 4.90 Å². The molecule has 0 radical (unpaired) electrons. The molecule has 0 saturated heterocycles. The summed E-state index contributed by atoms with van der Waals surface area (Å²) in [5.74, 6) is 1.20. The summed E-state index contributed by atoms with van der Waals surface area (Å²) in [6.07, 6.45) is 4.03. The highest BCUT2D eigenvalue weighted by Crippen LogP contribution is 2.37. The standard InChI is InChI=1S/C17H18BrNO2/c1-3-15-13(8-9-21-15)17(18)12-4-6-14-11(10-12)5-7-16(20)19(14)2/h4,6,8-10,17H,3,5,7H2,1-2H3. The number of hydrogen-bond donors (Lipinski definition) is 0. The summed E-state index contributed by atoms with van der Waals surface area (Å²) in [6, 6.07) is 8.35. The van der Waals surface area contributed by atoms with Crippen LogP contribution in [0.2, 0.25) is 0 Å². The lowest BCUT2D eigenvalue weighted by atomic mass is 9.96. The molecule has 1 amide bonds. The summed E-state index contributed by atoms with van der Waals surface area (Å²) in [5.41, 5.74) is 4.64. The normalized spacial score (nSPS) is 16.0.